The smallest absolute Gasteiger partial charge is 0.0213 e. The van der Waals surface area contributed by atoms with Gasteiger partial charge in [-0.05, 0) is 65.2 Å². The van der Waals surface area contributed by atoms with E-state index in [4.69, 9.17) is 0 Å². The van der Waals surface area contributed by atoms with Crippen LogP contribution in [0.5, 0.6) is 0 Å². The summed E-state index contributed by atoms with van der Waals surface area (Å²) in [6.45, 7) is 17.4. The predicted molar refractivity (Wildman–Crippen MR) is 84.7 cm³/mol. The highest BCUT2D eigenvalue weighted by Gasteiger charge is 2.11. The molecule has 0 saturated heterocycles. The van der Waals surface area contributed by atoms with Crippen molar-refractivity contribution >= 4 is 0 Å². The molecular weight excluding hydrogens is 232 g/mol. The Bertz CT molecular complexity index is 393. The van der Waals surface area contributed by atoms with Crippen molar-refractivity contribution < 1.29 is 0 Å². The second kappa shape index (κ2) is 6.53. The van der Waals surface area contributed by atoms with Gasteiger partial charge >= 0.3 is 0 Å². The maximum Gasteiger partial charge on any atom is 0.0213 e. The van der Waals surface area contributed by atoms with Crippen molar-refractivity contribution in [1.29, 1.82) is 0 Å². The lowest BCUT2D eigenvalue weighted by molar-refractivity contribution is 0.387. The topological polar surface area (TPSA) is 24.1 Å². The summed E-state index contributed by atoms with van der Waals surface area (Å²) in [6.07, 6.45) is 0. The summed E-state index contributed by atoms with van der Waals surface area (Å²) < 4.78 is 0. The van der Waals surface area contributed by atoms with E-state index in [0.29, 0.717) is 6.04 Å². The van der Waals surface area contributed by atoms with Crippen LogP contribution in [0.2, 0.25) is 0 Å². The fourth-order valence-electron chi connectivity index (χ4n) is 2.30. The molecule has 0 bridgehead atoms. The molecule has 0 radical (unpaired) electrons. The highest BCUT2D eigenvalue weighted by atomic mass is 15.0. The molecule has 0 aromatic heterocycles. The normalized spacial score (nSPS) is 13.6. The second-order valence-corrected chi connectivity index (χ2v) is 6.79. The van der Waals surface area contributed by atoms with Crippen molar-refractivity contribution in [3.63, 3.8) is 0 Å². The Hall–Kier alpha value is -0.860. The number of rotatable bonds is 5. The van der Waals surface area contributed by atoms with Crippen LogP contribution in [0.3, 0.4) is 0 Å². The summed E-state index contributed by atoms with van der Waals surface area (Å²) in [6, 6.07) is 5.00. The molecule has 0 spiro atoms. The van der Waals surface area contributed by atoms with Gasteiger partial charge in [-0.25, -0.2) is 0 Å². The molecule has 1 unspecified atom stereocenters. The van der Waals surface area contributed by atoms with E-state index < -0.39 is 0 Å². The van der Waals surface area contributed by atoms with Gasteiger partial charge in [0.15, 0.2) is 0 Å². The lowest BCUT2D eigenvalue weighted by Gasteiger charge is -2.24. The van der Waals surface area contributed by atoms with Gasteiger partial charge in [-0.2, -0.15) is 0 Å². The molecule has 0 heterocycles. The molecule has 0 amide bonds. The van der Waals surface area contributed by atoms with Gasteiger partial charge in [0.2, 0.25) is 0 Å². The summed E-state index contributed by atoms with van der Waals surface area (Å²) >= 11 is 0. The van der Waals surface area contributed by atoms with E-state index in [1.807, 2.05) is 0 Å². The summed E-state index contributed by atoms with van der Waals surface area (Å²) in [5.74, 6) is 0. The van der Waals surface area contributed by atoms with Crippen molar-refractivity contribution in [3.8, 4) is 0 Å². The number of benzene rings is 1. The Morgan fingerprint density at radius 2 is 1.58 bits per heavy atom. The first-order chi connectivity index (χ1) is 8.69. The Balaban J connectivity index is 2.53. The first-order valence-electron chi connectivity index (χ1n) is 7.24. The average Bonchev–Trinajstić information content (AvgIpc) is 2.23. The number of nitrogens with one attached hydrogen (secondary N) is 2. The number of aryl methyl sites for hydroxylation is 3. The molecule has 2 nitrogen and oxygen atoms in total. The highest BCUT2D eigenvalue weighted by Crippen LogP contribution is 2.16. The summed E-state index contributed by atoms with van der Waals surface area (Å²) in [7, 11) is 0. The van der Waals surface area contributed by atoms with E-state index in [2.05, 4.69) is 71.2 Å². The lowest BCUT2D eigenvalue weighted by atomic mass is 9.99. The van der Waals surface area contributed by atoms with Crippen LogP contribution in [0.15, 0.2) is 12.1 Å². The maximum atomic E-state index is 3.61. The summed E-state index contributed by atoms with van der Waals surface area (Å²) in [4.78, 5) is 0. The largest absolute Gasteiger partial charge is 0.311 e. The van der Waals surface area contributed by atoms with Gasteiger partial charge in [-0.15, -0.1) is 0 Å². The van der Waals surface area contributed by atoms with Crippen molar-refractivity contribution in [2.24, 2.45) is 0 Å². The van der Waals surface area contributed by atoms with Gasteiger partial charge in [0.1, 0.15) is 0 Å². The molecule has 0 aliphatic carbocycles. The Morgan fingerprint density at radius 1 is 1.05 bits per heavy atom. The summed E-state index contributed by atoms with van der Waals surface area (Å²) in [5.41, 5.74) is 5.75. The van der Waals surface area contributed by atoms with E-state index in [1.54, 1.807) is 0 Å². The van der Waals surface area contributed by atoms with Gasteiger partial charge in [-0.1, -0.05) is 17.7 Å². The first kappa shape index (κ1) is 16.2. The Labute approximate surface area is 119 Å². The van der Waals surface area contributed by atoms with Crippen LogP contribution >= 0.6 is 0 Å². The molecule has 1 rings (SSSR count). The fourth-order valence-corrected chi connectivity index (χ4v) is 2.30. The molecule has 2 N–H and O–H groups in total. The van der Waals surface area contributed by atoms with E-state index >= 15 is 0 Å². The van der Waals surface area contributed by atoms with Gasteiger partial charge in [0.05, 0.1) is 0 Å². The van der Waals surface area contributed by atoms with Crippen LogP contribution < -0.4 is 10.6 Å². The monoisotopic (exact) mass is 262 g/mol. The molecular formula is C17H30N2. The minimum absolute atomic E-state index is 0.186. The third-order valence-electron chi connectivity index (χ3n) is 3.41. The molecule has 1 aromatic carbocycles. The molecule has 0 fully saturated rings. The van der Waals surface area contributed by atoms with E-state index in [-0.39, 0.29) is 5.54 Å². The standard InChI is InChI=1S/C17H30N2/c1-12-8-13(2)16(14(3)9-12)11-18-15(4)10-19-17(5,6)7/h8-9,15,18-19H,10-11H2,1-7H3. The zero-order chi connectivity index (χ0) is 14.6. The van der Waals surface area contributed by atoms with Gasteiger partial charge < -0.3 is 10.6 Å². The van der Waals surface area contributed by atoms with Crippen LogP contribution in [-0.2, 0) is 6.54 Å². The molecule has 1 atom stereocenters. The van der Waals surface area contributed by atoms with Crippen LogP contribution in [0.25, 0.3) is 0 Å². The minimum Gasteiger partial charge on any atom is -0.311 e. The van der Waals surface area contributed by atoms with Crippen LogP contribution in [0.4, 0.5) is 0 Å². The van der Waals surface area contributed by atoms with Gasteiger partial charge in [-0.3, -0.25) is 0 Å². The number of hydrogen-bond donors (Lipinski definition) is 2. The SMILES string of the molecule is Cc1cc(C)c(CNC(C)CNC(C)(C)C)c(C)c1. The quantitative estimate of drug-likeness (QED) is 0.849. The van der Waals surface area contributed by atoms with Crippen molar-refractivity contribution in [1.82, 2.24) is 10.6 Å². The highest BCUT2D eigenvalue weighted by molar-refractivity contribution is 5.37. The van der Waals surface area contributed by atoms with Crippen LogP contribution in [-0.4, -0.2) is 18.1 Å². The van der Waals surface area contributed by atoms with Gasteiger partial charge in [0, 0.05) is 24.7 Å². The molecule has 19 heavy (non-hydrogen) atoms. The maximum absolute atomic E-state index is 3.61. The molecule has 0 aliphatic heterocycles. The van der Waals surface area contributed by atoms with Crippen LogP contribution in [0.1, 0.15) is 49.9 Å². The van der Waals surface area contributed by atoms with Crippen LogP contribution in [0, 0.1) is 20.8 Å². The number of hydrogen-bond acceptors (Lipinski definition) is 2. The third-order valence-corrected chi connectivity index (χ3v) is 3.41. The molecule has 108 valence electrons. The van der Waals surface area contributed by atoms with Gasteiger partial charge in [0.25, 0.3) is 0 Å². The van der Waals surface area contributed by atoms with Crippen molar-refractivity contribution in [2.75, 3.05) is 6.54 Å². The Morgan fingerprint density at radius 3 is 2.05 bits per heavy atom. The molecule has 0 aliphatic rings. The van der Waals surface area contributed by atoms with Crippen molar-refractivity contribution in [3.05, 3.63) is 34.4 Å². The minimum atomic E-state index is 0.186. The summed E-state index contributed by atoms with van der Waals surface area (Å²) in [5, 5.41) is 7.14. The lowest BCUT2D eigenvalue weighted by Crippen LogP contribution is -2.44. The first-order valence-corrected chi connectivity index (χ1v) is 7.24. The zero-order valence-electron chi connectivity index (χ0n) is 13.6. The zero-order valence-corrected chi connectivity index (χ0v) is 13.6. The average molecular weight is 262 g/mol. The predicted octanol–water partition coefficient (Wildman–Crippen LogP) is 3.48. The molecule has 1 aromatic rings. The Kier molecular flexibility index (Phi) is 5.57. The fraction of sp³-hybridized carbons (Fsp3) is 0.647. The van der Waals surface area contributed by atoms with E-state index in [9.17, 15) is 0 Å². The molecule has 0 saturated carbocycles. The van der Waals surface area contributed by atoms with E-state index in [0.717, 1.165) is 13.1 Å². The van der Waals surface area contributed by atoms with E-state index in [1.165, 1.54) is 22.3 Å². The van der Waals surface area contributed by atoms with Crippen molar-refractivity contribution in [2.45, 2.75) is 66.6 Å². The second-order valence-electron chi connectivity index (χ2n) is 6.79. The third kappa shape index (κ3) is 5.75. The molecule has 2 heteroatoms.